The average Bonchev–Trinajstić information content (AvgIpc) is 3.06. The van der Waals surface area contributed by atoms with E-state index < -0.39 is 27.8 Å². The maximum atomic E-state index is 13.5. The number of rotatable bonds is 6. The molecular formula is C18H19FN2O5S. The molecule has 0 aliphatic carbocycles. The molecule has 0 bridgehead atoms. The summed E-state index contributed by atoms with van der Waals surface area (Å²) in [6.45, 7) is 1.78. The lowest BCUT2D eigenvalue weighted by Crippen LogP contribution is -2.47. The average molecular weight is 394 g/mol. The van der Waals surface area contributed by atoms with Crippen molar-refractivity contribution in [1.29, 1.82) is 0 Å². The molecule has 7 nitrogen and oxygen atoms in total. The third-order valence-corrected chi connectivity index (χ3v) is 5.30. The third-order valence-electron chi connectivity index (χ3n) is 4.05. The topological polar surface area (TPSA) is 84.9 Å². The molecule has 0 fully saturated rings. The number of halogens is 1. The van der Waals surface area contributed by atoms with Crippen LogP contribution in [0.4, 0.5) is 10.1 Å². The van der Waals surface area contributed by atoms with Crippen LogP contribution in [0.25, 0.3) is 0 Å². The Bertz CT molecular complexity index is 964. The van der Waals surface area contributed by atoms with Crippen LogP contribution < -0.4 is 19.1 Å². The number of amides is 1. The summed E-state index contributed by atoms with van der Waals surface area (Å²) in [6.07, 6.45) is 0.972. The number of benzene rings is 2. The molecule has 1 aliphatic rings. The van der Waals surface area contributed by atoms with Crippen molar-refractivity contribution < 1.29 is 27.1 Å². The molecule has 3 rings (SSSR count). The summed E-state index contributed by atoms with van der Waals surface area (Å²) in [5.74, 6) is 0.122. The molecule has 0 aromatic heterocycles. The SMILES string of the molecule is C[C@@H](C(=O)NCc1ccc2c(c1)OCO2)N(c1cccc(F)c1)S(C)(=O)=O. The molecule has 9 heteroatoms. The minimum atomic E-state index is -3.80. The van der Waals surface area contributed by atoms with Gasteiger partial charge in [0.2, 0.25) is 22.7 Å². The number of nitrogens with one attached hydrogen (secondary N) is 1. The van der Waals surface area contributed by atoms with Gasteiger partial charge in [0.05, 0.1) is 11.9 Å². The Morgan fingerprint density at radius 3 is 2.67 bits per heavy atom. The molecule has 144 valence electrons. The monoisotopic (exact) mass is 394 g/mol. The van der Waals surface area contributed by atoms with E-state index in [4.69, 9.17) is 9.47 Å². The molecule has 2 aromatic carbocycles. The van der Waals surface area contributed by atoms with Crippen molar-refractivity contribution in [3.05, 3.63) is 53.8 Å². The number of anilines is 1. The van der Waals surface area contributed by atoms with E-state index in [0.717, 1.165) is 22.2 Å². The van der Waals surface area contributed by atoms with E-state index in [1.54, 1.807) is 18.2 Å². The number of hydrogen-bond donors (Lipinski definition) is 1. The van der Waals surface area contributed by atoms with Crippen molar-refractivity contribution in [2.75, 3.05) is 17.4 Å². The van der Waals surface area contributed by atoms with Crippen LogP contribution >= 0.6 is 0 Å². The van der Waals surface area contributed by atoms with E-state index in [1.165, 1.54) is 25.1 Å². The Morgan fingerprint density at radius 1 is 1.22 bits per heavy atom. The fourth-order valence-electron chi connectivity index (χ4n) is 2.81. The van der Waals surface area contributed by atoms with Gasteiger partial charge in [0.25, 0.3) is 0 Å². The number of hydrogen-bond acceptors (Lipinski definition) is 5. The summed E-state index contributed by atoms with van der Waals surface area (Å²) >= 11 is 0. The molecule has 1 heterocycles. The first kappa shape index (κ1) is 19.0. The normalized spacial score (nSPS) is 13.9. The van der Waals surface area contributed by atoms with Crippen molar-refractivity contribution >= 4 is 21.6 Å². The van der Waals surface area contributed by atoms with Crippen molar-refractivity contribution in [1.82, 2.24) is 5.32 Å². The van der Waals surface area contributed by atoms with Gasteiger partial charge in [-0.1, -0.05) is 12.1 Å². The zero-order valence-electron chi connectivity index (χ0n) is 14.8. The van der Waals surface area contributed by atoms with Crippen LogP contribution in [0.3, 0.4) is 0 Å². The molecule has 0 unspecified atom stereocenters. The molecule has 1 atom stereocenters. The van der Waals surface area contributed by atoms with Crippen LogP contribution in [-0.4, -0.2) is 33.4 Å². The fourth-order valence-corrected chi connectivity index (χ4v) is 3.98. The molecule has 1 N–H and O–H groups in total. The Balaban J connectivity index is 1.74. The molecule has 27 heavy (non-hydrogen) atoms. The largest absolute Gasteiger partial charge is 0.454 e. The van der Waals surface area contributed by atoms with E-state index >= 15 is 0 Å². The number of nitrogens with zero attached hydrogens (tertiary/aromatic N) is 1. The molecular weight excluding hydrogens is 375 g/mol. The van der Waals surface area contributed by atoms with Crippen molar-refractivity contribution in [3.63, 3.8) is 0 Å². The van der Waals surface area contributed by atoms with Gasteiger partial charge < -0.3 is 14.8 Å². The van der Waals surface area contributed by atoms with Crippen molar-refractivity contribution in [2.45, 2.75) is 19.5 Å². The number of carbonyl (C=O) groups is 1. The molecule has 1 amide bonds. The maximum Gasteiger partial charge on any atom is 0.243 e. The van der Waals surface area contributed by atoms with Crippen LogP contribution in [-0.2, 0) is 21.4 Å². The lowest BCUT2D eigenvalue weighted by atomic mass is 10.2. The Hall–Kier alpha value is -2.81. The molecule has 1 aliphatic heterocycles. The van der Waals surface area contributed by atoms with Gasteiger partial charge in [0, 0.05) is 6.54 Å². The Labute approximate surface area is 156 Å². The fraction of sp³-hybridized carbons (Fsp3) is 0.278. The second kappa shape index (κ2) is 7.43. The summed E-state index contributed by atoms with van der Waals surface area (Å²) < 4.78 is 49.3. The van der Waals surface area contributed by atoms with Crippen molar-refractivity contribution in [3.8, 4) is 11.5 Å². The maximum absolute atomic E-state index is 13.5. The number of ether oxygens (including phenoxy) is 2. The number of fused-ring (bicyclic) bond motifs is 1. The van der Waals surface area contributed by atoms with Crippen LogP contribution in [0.5, 0.6) is 11.5 Å². The van der Waals surface area contributed by atoms with Crippen LogP contribution in [0, 0.1) is 5.82 Å². The molecule has 2 aromatic rings. The summed E-state index contributed by atoms with van der Waals surface area (Å²) in [7, 11) is -3.80. The molecule has 0 spiro atoms. The second-order valence-corrected chi connectivity index (χ2v) is 7.98. The zero-order valence-corrected chi connectivity index (χ0v) is 15.6. The molecule has 0 radical (unpaired) electrons. The van der Waals surface area contributed by atoms with Crippen molar-refractivity contribution in [2.24, 2.45) is 0 Å². The Morgan fingerprint density at radius 2 is 1.96 bits per heavy atom. The van der Waals surface area contributed by atoms with Gasteiger partial charge in [0.15, 0.2) is 11.5 Å². The summed E-state index contributed by atoms with van der Waals surface area (Å²) in [5, 5.41) is 2.69. The highest BCUT2D eigenvalue weighted by atomic mass is 32.2. The standard InChI is InChI=1S/C18H19FN2O5S/c1-12(21(27(2,23)24)15-5-3-4-14(19)9-15)18(22)20-10-13-6-7-16-17(8-13)26-11-25-16/h3-9,12H,10-11H2,1-2H3,(H,20,22)/t12-/m0/s1. The van der Waals surface area contributed by atoms with Gasteiger partial charge in [-0.3, -0.25) is 9.10 Å². The predicted octanol–water partition coefficient (Wildman–Crippen LogP) is 2.03. The van der Waals surface area contributed by atoms with Gasteiger partial charge in [0.1, 0.15) is 11.9 Å². The molecule has 0 saturated heterocycles. The second-order valence-electron chi connectivity index (χ2n) is 6.12. The van der Waals surface area contributed by atoms with Crippen LogP contribution in [0.2, 0.25) is 0 Å². The van der Waals surface area contributed by atoms with Crippen LogP contribution in [0.15, 0.2) is 42.5 Å². The van der Waals surface area contributed by atoms with Crippen LogP contribution in [0.1, 0.15) is 12.5 Å². The lowest BCUT2D eigenvalue weighted by molar-refractivity contribution is -0.122. The minimum absolute atomic E-state index is 0.0863. The van der Waals surface area contributed by atoms with E-state index in [-0.39, 0.29) is 19.0 Å². The third kappa shape index (κ3) is 4.30. The number of sulfonamides is 1. The lowest BCUT2D eigenvalue weighted by Gasteiger charge is -2.28. The number of carbonyl (C=O) groups excluding carboxylic acids is 1. The highest BCUT2D eigenvalue weighted by Crippen LogP contribution is 2.32. The quantitative estimate of drug-likeness (QED) is 0.810. The smallest absolute Gasteiger partial charge is 0.243 e. The van der Waals surface area contributed by atoms with Gasteiger partial charge in [-0.05, 0) is 42.8 Å². The summed E-state index contributed by atoms with van der Waals surface area (Å²) in [4.78, 5) is 12.5. The van der Waals surface area contributed by atoms with Gasteiger partial charge in [-0.2, -0.15) is 0 Å². The van der Waals surface area contributed by atoms with E-state index in [0.29, 0.717) is 11.5 Å². The first-order chi connectivity index (χ1) is 12.8. The van der Waals surface area contributed by atoms with Gasteiger partial charge >= 0.3 is 0 Å². The van der Waals surface area contributed by atoms with Gasteiger partial charge in [-0.25, -0.2) is 12.8 Å². The first-order valence-corrected chi connectivity index (χ1v) is 10.0. The highest BCUT2D eigenvalue weighted by molar-refractivity contribution is 7.92. The van der Waals surface area contributed by atoms with Gasteiger partial charge in [-0.15, -0.1) is 0 Å². The summed E-state index contributed by atoms with van der Waals surface area (Å²) in [6, 6.07) is 9.30. The predicted molar refractivity (Wildman–Crippen MR) is 97.6 cm³/mol. The van der Waals surface area contributed by atoms with E-state index in [2.05, 4.69) is 5.32 Å². The Kier molecular flexibility index (Phi) is 5.22. The molecule has 0 saturated carbocycles. The summed E-state index contributed by atoms with van der Waals surface area (Å²) in [5.41, 5.74) is 0.861. The zero-order chi connectivity index (χ0) is 19.6. The minimum Gasteiger partial charge on any atom is -0.454 e. The van der Waals surface area contributed by atoms with E-state index in [9.17, 15) is 17.6 Å². The highest BCUT2D eigenvalue weighted by Gasteiger charge is 2.29. The van der Waals surface area contributed by atoms with E-state index in [1.807, 2.05) is 0 Å². The first-order valence-electron chi connectivity index (χ1n) is 8.17.